The van der Waals surface area contributed by atoms with E-state index in [2.05, 4.69) is 17.7 Å². The van der Waals surface area contributed by atoms with Gasteiger partial charge in [-0.15, -0.1) is 0 Å². The van der Waals surface area contributed by atoms with Gasteiger partial charge in [0.1, 0.15) is 5.82 Å². The van der Waals surface area contributed by atoms with Gasteiger partial charge in [0.25, 0.3) is 0 Å². The normalized spacial score (nSPS) is 27.3. The first kappa shape index (κ1) is 7.60. The van der Waals surface area contributed by atoms with Crippen LogP contribution < -0.4 is 0 Å². The number of nitrogens with zero attached hydrogens (tertiary/aromatic N) is 2. The molecule has 0 saturated heterocycles. The van der Waals surface area contributed by atoms with Crippen LogP contribution in [0.15, 0.2) is 6.20 Å². The second-order valence-electron chi connectivity index (χ2n) is 4.65. The van der Waals surface area contributed by atoms with Gasteiger partial charge in [0.2, 0.25) is 0 Å². The van der Waals surface area contributed by atoms with Crippen LogP contribution in [0.5, 0.6) is 0 Å². The van der Waals surface area contributed by atoms with E-state index in [0.29, 0.717) is 0 Å². The highest BCUT2D eigenvalue weighted by Crippen LogP contribution is 2.39. The summed E-state index contributed by atoms with van der Waals surface area (Å²) in [5, 5.41) is 0. The molecule has 0 N–H and O–H groups in total. The second-order valence-corrected chi connectivity index (χ2v) is 4.65. The van der Waals surface area contributed by atoms with Crippen molar-refractivity contribution in [3.05, 3.63) is 17.7 Å². The maximum Gasteiger partial charge on any atom is 0.108 e. The first-order valence-corrected chi connectivity index (χ1v) is 5.39. The van der Waals surface area contributed by atoms with Crippen LogP contribution in [0.25, 0.3) is 0 Å². The Bertz CT molecular complexity index is 323. The van der Waals surface area contributed by atoms with E-state index in [-0.39, 0.29) is 0 Å². The number of fused-ring (bicyclic) bond motifs is 1. The lowest BCUT2D eigenvalue weighted by atomic mass is 10.0. The molecule has 0 bridgehead atoms. The topological polar surface area (TPSA) is 17.8 Å². The van der Waals surface area contributed by atoms with Gasteiger partial charge in [0.05, 0.1) is 5.69 Å². The molecule has 0 aromatic carbocycles. The van der Waals surface area contributed by atoms with E-state index < -0.39 is 0 Å². The lowest BCUT2D eigenvalue weighted by Crippen LogP contribution is -2.17. The minimum absolute atomic E-state index is 0.813. The number of aryl methyl sites for hydroxylation is 1. The van der Waals surface area contributed by atoms with Crippen LogP contribution >= 0.6 is 0 Å². The van der Waals surface area contributed by atoms with Crippen molar-refractivity contribution in [3.8, 4) is 0 Å². The predicted octanol–water partition coefficient (Wildman–Crippen LogP) is 2.34. The molecule has 13 heavy (non-hydrogen) atoms. The van der Waals surface area contributed by atoms with E-state index in [1.807, 2.05) is 0 Å². The van der Waals surface area contributed by atoms with Gasteiger partial charge in [-0.2, -0.15) is 0 Å². The average Bonchev–Trinajstić information content (AvgIpc) is 2.87. The molecule has 2 nitrogen and oxygen atoms in total. The highest BCUT2D eigenvalue weighted by atomic mass is 15.1. The Morgan fingerprint density at radius 3 is 3.00 bits per heavy atom. The molecule has 1 aliphatic carbocycles. The Balaban J connectivity index is 1.93. The molecule has 1 unspecified atom stereocenters. The summed E-state index contributed by atoms with van der Waals surface area (Å²) in [6.45, 7) is 3.52. The standard InChI is InChI=1S/C11H16N2/c1-8-2-5-11-12-10(9-3-4-9)7-13(11)6-8/h7-9H,2-6H2,1H3. The number of hydrogen-bond donors (Lipinski definition) is 0. The predicted molar refractivity (Wildman–Crippen MR) is 51.7 cm³/mol. The summed E-state index contributed by atoms with van der Waals surface area (Å²) in [6.07, 6.45) is 7.54. The van der Waals surface area contributed by atoms with Gasteiger partial charge in [0, 0.05) is 25.1 Å². The summed E-state index contributed by atoms with van der Waals surface area (Å²) in [7, 11) is 0. The zero-order valence-corrected chi connectivity index (χ0v) is 8.16. The smallest absolute Gasteiger partial charge is 0.108 e. The fourth-order valence-corrected chi connectivity index (χ4v) is 2.21. The van der Waals surface area contributed by atoms with Crippen molar-refractivity contribution in [2.75, 3.05) is 0 Å². The molecule has 0 spiro atoms. The molecule has 1 aliphatic heterocycles. The fraction of sp³-hybridized carbons (Fsp3) is 0.727. The Labute approximate surface area is 79.0 Å². The maximum absolute atomic E-state index is 4.71. The number of rotatable bonds is 1. The van der Waals surface area contributed by atoms with Crippen molar-refractivity contribution in [3.63, 3.8) is 0 Å². The highest BCUT2D eigenvalue weighted by Gasteiger charge is 2.28. The van der Waals surface area contributed by atoms with E-state index in [1.54, 1.807) is 0 Å². The molecule has 70 valence electrons. The molecule has 1 fully saturated rings. The molecular formula is C11H16N2. The molecule has 2 aliphatic rings. The van der Waals surface area contributed by atoms with Gasteiger partial charge < -0.3 is 4.57 Å². The van der Waals surface area contributed by atoms with Gasteiger partial charge in [-0.05, 0) is 25.2 Å². The van der Waals surface area contributed by atoms with Crippen molar-refractivity contribution in [1.29, 1.82) is 0 Å². The van der Waals surface area contributed by atoms with Gasteiger partial charge in [-0.3, -0.25) is 0 Å². The number of hydrogen-bond acceptors (Lipinski definition) is 1. The Morgan fingerprint density at radius 2 is 2.23 bits per heavy atom. The molecule has 2 heteroatoms. The van der Waals surface area contributed by atoms with Crippen molar-refractivity contribution in [2.45, 2.75) is 45.1 Å². The number of imidazole rings is 1. The van der Waals surface area contributed by atoms with Crippen LogP contribution in [0.4, 0.5) is 0 Å². The van der Waals surface area contributed by atoms with E-state index in [0.717, 1.165) is 11.8 Å². The van der Waals surface area contributed by atoms with Gasteiger partial charge in [0.15, 0.2) is 0 Å². The third kappa shape index (κ3) is 1.28. The van der Waals surface area contributed by atoms with Crippen LogP contribution in [0.1, 0.15) is 43.6 Å². The summed E-state index contributed by atoms with van der Waals surface area (Å²) in [5.74, 6) is 2.99. The minimum atomic E-state index is 0.813. The van der Waals surface area contributed by atoms with Crippen molar-refractivity contribution < 1.29 is 0 Å². The third-order valence-electron chi connectivity index (χ3n) is 3.24. The highest BCUT2D eigenvalue weighted by molar-refractivity contribution is 5.15. The lowest BCUT2D eigenvalue weighted by molar-refractivity contribution is 0.394. The van der Waals surface area contributed by atoms with Crippen LogP contribution in [0.3, 0.4) is 0 Å². The molecule has 0 amide bonds. The van der Waals surface area contributed by atoms with E-state index in [1.165, 1.54) is 43.7 Å². The van der Waals surface area contributed by atoms with Crippen LogP contribution in [-0.4, -0.2) is 9.55 Å². The van der Waals surface area contributed by atoms with E-state index in [4.69, 9.17) is 4.98 Å². The molecule has 1 atom stereocenters. The van der Waals surface area contributed by atoms with Crippen molar-refractivity contribution >= 4 is 0 Å². The lowest BCUT2D eigenvalue weighted by Gasteiger charge is -2.19. The van der Waals surface area contributed by atoms with Gasteiger partial charge >= 0.3 is 0 Å². The number of aromatic nitrogens is 2. The quantitative estimate of drug-likeness (QED) is 0.642. The largest absolute Gasteiger partial charge is 0.334 e. The summed E-state index contributed by atoms with van der Waals surface area (Å²) >= 11 is 0. The van der Waals surface area contributed by atoms with E-state index >= 15 is 0 Å². The van der Waals surface area contributed by atoms with E-state index in [9.17, 15) is 0 Å². The Hall–Kier alpha value is -0.790. The first-order valence-electron chi connectivity index (χ1n) is 5.39. The molecular weight excluding hydrogens is 160 g/mol. The maximum atomic E-state index is 4.71. The zero-order chi connectivity index (χ0) is 8.84. The van der Waals surface area contributed by atoms with Gasteiger partial charge in [-0.1, -0.05) is 6.92 Å². The molecule has 3 rings (SSSR count). The second kappa shape index (κ2) is 2.60. The average molecular weight is 176 g/mol. The Morgan fingerprint density at radius 1 is 1.38 bits per heavy atom. The zero-order valence-electron chi connectivity index (χ0n) is 8.16. The van der Waals surface area contributed by atoms with Crippen LogP contribution in [0.2, 0.25) is 0 Å². The van der Waals surface area contributed by atoms with Crippen molar-refractivity contribution in [1.82, 2.24) is 9.55 Å². The van der Waals surface area contributed by atoms with Gasteiger partial charge in [-0.25, -0.2) is 4.98 Å². The molecule has 2 heterocycles. The van der Waals surface area contributed by atoms with Crippen molar-refractivity contribution in [2.24, 2.45) is 5.92 Å². The molecule has 1 aromatic rings. The summed E-state index contributed by atoms with van der Waals surface area (Å²) in [4.78, 5) is 4.71. The summed E-state index contributed by atoms with van der Waals surface area (Å²) < 4.78 is 2.38. The Kier molecular flexibility index (Phi) is 1.52. The third-order valence-corrected chi connectivity index (χ3v) is 3.24. The van der Waals surface area contributed by atoms with Crippen LogP contribution in [0, 0.1) is 5.92 Å². The SMILES string of the molecule is CC1CCc2nc(C3CC3)cn2C1. The summed E-state index contributed by atoms with van der Waals surface area (Å²) in [6, 6.07) is 0. The monoisotopic (exact) mass is 176 g/mol. The molecule has 0 radical (unpaired) electrons. The fourth-order valence-electron chi connectivity index (χ4n) is 2.21. The first-order chi connectivity index (χ1) is 6.33. The van der Waals surface area contributed by atoms with Crippen LogP contribution in [-0.2, 0) is 13.0 Å². The summed E-state index contributed by atoms with van der Waals surface area (Å²) in [5.41, 5.74) is 1.36. The minimum Gasteiger partial charge on any atom is -0.334 e. The molecule has 1 aromatic heterocycles. The molecule has 1 saturated carbocycles.